The second-order valence-electron chi connectivity index (χ2n) is 5.74. The highest BCUT2D eigenvalue weighted by molar-refractivity contribution is 7.19. The molecule has 0 aromatic heterocycles. The summed E-state index contributed by atoms with van der Waals surface area (Å²) in [7, 11) is -1.33. The van der Waals surface area contributed by atoms with E-state index in [0.717, 1.165) is 0 Å². The lowest BCUT2D eigenvalue weighted by molar-refractivity contribution is 0.584. The molecule has 0 aliphatic rings. The van der Waals surface area contributed by atoms with E-state index in [1.54, 1.807) is 0 Å². The highest BCUT2D eigenvalue weighted by atomic mass is 35.6. The Morgan fingerprint density at radius 3 is 1.59 bits per heavy atom. The van der Waals surface area contributed by atoms with Crippen LogP contribution in [0.5, 0.6) is 0 Å². The molecule has 0 saturated heterocycles. The second kappa shape index (κ2) is 11.6. The lowest BCUT2D eigenvalue weighted by atomic mass is 10.1. The lowest BCUT2D eigenvalue weighted by Gasteiger charge is -2.18. The maximum Gasteiger partial charge on any atom is 0.153 e. The van der Waals surface area contributed by atoms with Gasteiger partial charge in [-0.2, -0.15) is 11.1 Å². The molecule has 0 fully saturated rings. The van der Waals surface area contributed by atoms with Gasteiger partial charge in [0.2, 0.25) is 0 Å². The van der Waals surface area contributed by atoms with Gasteiger partial charge in [0.15, 0.2) is 7.38 Å². The smallest absolute Gasteiger partial charge is 0.153 e. The molecule has 0 saturated carbocycles. The quantitative estimate of drug-likeness (QED) is 0.210. The first-order chi connectivity index (χ1) is 8.12. The molecule has 0 heterocycles. The fourth-order valence-corrected chi connectivity index (χ4v) is 5.43. The van der Waals surface area contributed by atoms with Gasteiger partial charge in [0.1, 0.15) is 0 Å². The lowest BCUT2D eigenvalue weighted by Crippen LogP contribution is -2.21. The highest BCUT2D eigenvalue weighted by Gasteiger charge is 2.22. The normalized spacial score (nSPS) is 14.8. The molecule has 0 aliphatic heterocycles. The molecule has 1 unspecified atom stereocenters. The van der Waals surface area contributed by atoms with Gasteiger partial charge in [-0.05, 0) is 12.1 Å². The molecule has 2 heteroatoms. The van der Waals surface area contributed by atoms with Crippen molar-refractivity contribution in [3.05, 3.63) is 0 Å². The summed E-state index contributed by atoms with van der Waals surface area (Å²) in [5.74, 6) is 0. The van der Waals surface area contributed by atoms with E-state index < -0.39 is 7.38 Å². The molecule has 104 valence electrons. The Balaban J connectivity index is 3.26. The fourth-order valence-electron chi connectivity index (χ4n) is 2.30. The molecule has 0 aliphatic carbocycles. The second-order valence-corrected chi connectivity index (χ2v) is 12.3. The van der Waals surface area contributed by atoms with Gasteiger partial charge < -0.3 is 0 Å². The standard InChI is InChI=1S/C15H33ClSi/c1-4-6-8-9-10-11-12-13-15-17(3,16)14-7-5-2/h4-15H2,1-3H3. The van der Waals surface area contributed by atoms with Crippen LogP contribution in [0.1, 0.15) is 78.1 Å². The molecule has 0 rings (SSSR count). The van der Waals surface area contributed by atoms with E-state index >= 15 is 0 Å². The third-order valence-corrected chi connectivity index (χ3v) is 7.53. The van der Waals surface area contributed by atoms with Crippen LogP contribution in [0.2, 0.25) is 18.6 Å². The number of unbranched alkanes of at least 4 members (excludes halogenated alkanes) is 8. The van der Waals surface area contributed by atoms with E-state index in [4.69, 9.17) is 11.1 Å². The maximum absolute atomic E-state index is 6.64. The Bertz CT molecular complexity index is 157. The van der Waals surface area contributed by atoms with Crippen molar-refractivity contribution >= 4 is 18.5 Å². The van der Waals surface area contributed by atoms with Crippen molar-refractivity contribution in [2.75, 3.05) is 0 Å². The van der Waals surface area contributed by atoms with Crippen molar-refractivity contribution in [3.8, 4) is 0 Å². The summed E-state index contributed by atoms with van der Waals surface area (Å²) >= 11 is 6.64. The van der Waals surface area contributed by atoms with Gasteiger partial charge in [-0.3, -0.25) is 0 Å². The summed E-state index contributed by atoms with van der Waals surface area (Å²) in [6.45, 7) is 6.89. The van der Waals surface area contributed by atoms with Gasteiger partial charge in [0, 0.05) is 0 Å². The van der Waals surface area contributed by atoms with Crippen LogP contribution in [0.25, 0.3) is 0 Å². The van der Waals surface area contributed by atoms with E-state index in [1.165, 1.54) is 76.3 Å². The molecule has 0 spiro atoms. The summed E-state index contributed by atoms with van der Waals surface area (Å²) < 4.78 is 0. The van der Waals surface area contributed by atoms with Crippen LogP contribution in [0.15, 0.2) is 0 Å². The summed E-state index contributed by atoms with van der Waals surface area (Å²) in [5, 5.41) is 0. The minimum atomic E-state index is -1.33. The van der Waals surface area contributed by atoms with Crippen LogP contribution >= 0.6 is 11.1 Å². The predicted molar refractivity (Wildman–Crippen MR) is 84.6 cm³/mol. The Labute approximate surface area is 115 Å². The first-order valence-corrected chi connectivity index (χ1v) is 11.7. The van der Waals surface area contributed by atoms with E-state index in [1.807, 2.05) is 0 Å². The largest absolute Gasteiger partial charge is 0.167 e. The topological polar surface area (TPSA) is 0 Å². The third-order valence-electron chi connectivity index (χ3n) is 3.60. The Kier molecular flexibility index (Phi) is 11.9. The van der Waals surface area contributed by atoms with Crippen molar-refractivity contribution in [2.45, 2.75) is 96.7 Å². The molecule has 17 heavy (non-hydrogen) atoms. The molecule has 0 radical (unpaired) electrons. The molecule has 0 nitrogen and oxygen atoms in total. The van der Waals surface area contributed by atoms with Crippen LogP contribution < -0.4 is 0 Å². The van der Waals surface area contributed by atoms with Crippen LogP contribution in [0.3, 0.4) is 0 Å². The van der Waals surface area contributed by atoms with E-state index in [9.17, 15) is 0 Å². The van der Waals surface area contributed by atoms with E-state index in [2.05, 4.69) is 20.4 Å². The van der Waals surface area contributed by atoms with Crippen molar-refractivity contribution in [1.82, 2.24) is 0 Å². The van der Waals surface area contributed by atoms with Crippen LogP contribution in [-0.4, -0.2) is 7.38 Å². The average Bonchev–Trinajstić information content (AvgIpc) is 2.30. The first kappa shape index (κ1) is 17.5. The van der Waals surface area contributed by atoms with Gasteiger partial charge in [-0.1, -0.05) is 84.6 Å². The average molecular weight is 277 g/mol. The minimum absolute atomic E-state index is 1.30. The zero-order valence-electron chi connectivity index (χ0n) is 12.4. The maximum atomic E-state index is 6.64. The molecular formula is C15H33ClSi. The molecule has 0 aromatic carbocycles. The molecule has 0 aromatic rings. The molecule has 1 atom stereocenters. The van der Waals surface area contributed by atoms with E-state index in [-0.39, 0.29) is 0 Å². The van der Waals surface area contributed by atoms with Gasteiger partial charge >= 0.3 is 0 Å². The number of rotatable bonds is 12. The summed E-state index contributed by atoms with van der Waals surface area (Å²) in [4.78, 5) is 0. The molecular weight excluding hydrogens is 244 g/mol. The Hall–Kier alpha value is 0.507. The van der Waals surface area contributed by atoms with Crippen LogP contribution in [0.4, 0.5) is 0 Å². The summed E-state index contributed by atoms with van der Waals surface area (Å²) in [6.07, 6.45) is 14.0. The van der Waals surface area contributed by atoms with Crippen molar-refractivity contribution in [1.29, 1.82) is 0 Å². The van der Waals surface area contributed by atoms with E-state index in [0.29, 0.717) is 0 Å². The van der Waals surface area contributed by atoms with Crippen molar-refractivity contribution in [3.63, 3.8) is 0 Å². The first-order valence-electron chi connectivity index (χ1n) is 7.81. The zero-order valence-corrected chi connectivity index (χ0v) is 14.1. The summed E-state index contributed by atoms with van der Waals surface area (Å²) in [5.41, 5.74) is 0. The summed E-state index contributed by atoms with van der Waals surface area (Å²) in [6, 6.07) is 2.66. The molecule has 0 amide bonds. The predicted octanol–water partition coefficient (Wildman–Crippen LogP) is 6.74. The molecule has 0 N–H and O–H groups in total. The number of hydrogen-bond acceptors (Lipinski definition) is 0. The zero-order chi connectivity index (χ0) is 13.0. The fraction of sp³-hybridized carbons (Fsp3) is 1.00. The van der Waals surface area contributed by atoms with Crippen molar-refractivity contribution in [2.24, 2.45) is 0 Å². The van der Waals surface area contributed by atoms with Crippen LogP contribution in [-0.2, 0) is 0 Å². The van der Waals surface area contributed by atoms with Crippen molar-refractivity contribution < 1.29 is 0 Å². The SMILES string of the molecule is CCCCCCCCCC[Si](C)(Cl)CCCC. The Morgan fingerprint density at radius 2 is 1.06 bits per heavy atom. The van der Waals surface area contributed by atoms with Gasteiger partial charge in [0.25, 0.3) is 0 Å². The van der Waals surface area contributed by atoms with Crippen LogP contribution in [0, 0.1) is 0 Å². The Morgan fingerprint density at radius 1 is 0.647 bits per heavy atom. The minimum Gasteiger partial charge on any atom is -0.167 e. The van der Waals surface area contributed by atoms with Gasteiger partial charge in [-0.15, -0.1) is 0 Å². The van der Waals surface area contributed by atoms with Gasteiger partial charge in [0.05, 0.1) is 0 Å². The number of halogens is 1. The van der Waals surface area contributed by atoms with Gasteiger partial charge in [-0.25, -0.2) is 0 Å². The molecule has 0 bridgehead atoms. The number of hydrogen-bond donors (Lipinski definition) is 0. The monoisotopic (exact) mass is 276 g/mol. The third kappa shape index (κ3) is 12.7. The highest BCUT2D eigenvalue weighted by Crippen LogP contribution is 2.26.